The highest BCUT2D eigenvalue weighted by atomic mass is 19.4. The third kappa shape index (κ3) is 6.87. The Morgan fingerprint density at radius 3 is 2.17 bits per heavy atom. The van der Waals surface area contributed by atoms with Gasteiger partial charge in [-0.1, -0.05) is 18.2 Å². The second kappa shape index (κ2) is 11.0. The summed E-state index contributed by atoms with van der Waals surface area (Å²) in [6.07, 6.45) is 10.7. The van der Waals surface area contributed by atoms with Gasteiger partial charge in [-0.3, -0.25) is 0 Å². The molecule has 2 aliphatic rings. The van der Waals surface area contributed by atoms with E-state index in [1.165, 1.54) is 31.4 Å². The van der Waals surface area contributed by atoms with Gasteiger partial charge in [0.1, 0.15) is 0 Å². The molecule has 30 heavy (non-hydrogen) atoms. The Labute approximate surface area is 178 Å². The Morgan fingerprint density at radius 2 is 1.57 bits per heavy atom. The lowest BCUT2D eigenvalue weighted by Crippen LogP contribution is -2.25. The monoisotopic (exact) mass is 419 g/mol. The molecule has 2 aliphatic carbocycles. The molecule has 0 radical (unpaired) electrons. The molecule has 0 unspecified atom stereocenters. The molecule has 164 valence electrons. The summed E-state index contributed by atoms with van der Waals surface area (Å²) < 4.78 is 44.4. The molecule has 0 atom stereocenters. The highest BCUT2D eigenvalue weighted by Crippen LogP contribution is 2.38. The maximum atomic E-state index is 12.7. The van der Waals surface area contributed by atoms with Crippen molar-refractivity contribution in [2.24, 2.45) is 11.8 Å². The first-order chi connectivity index (χ1) is 14.5. The number of rotatable bonds is 7. The van der Waals surface area contributed by atoms with E-state index in [4.69, 9.17) is 10.00 Å². The Balaban J connectivity index is 1.33. The summed E-state index contributed by atoms with van der Waals surface area (Å²) in [5.74, 6) is 1.70. The van der Waals surface area contributed by atoms with Gasteiger partial charge >= 0.3 is 6.18 Å². The van der Waals surface area contributed by atoms with Crippen molar-refractivity contribution in [3.05, 3.63) is 47.5 Å². The maximum Gasteiger partial charge on any atom is 0.416 e. The van der Waals surface area contributed by atoms with Crippen LogP contribution in [-0.2, 0) is 10.9 Å². The molecular weight excluding hydrogens is 387 g/mol. The summed E-state index contributed by atoms with van der Waals surface area (Å²) >= 11 is 0. The molecule has 0 N–H and O–H groups in total. The van der Waals surface area contributed by atoms with Crippen molar-refractivity contribution in [2.45, 2.75) is 82.4 Å². The molecule has 2 nitrogen and oxygen atoms in total. The lowest BCUT2D eigenvalue weighted by Gasteiger charge is -2.32. The predicted octanol–water partition coefficient (Wildman–Crippen LogP) is 7.41. The van der Waals surface area contributed by atoms with Crippen LogP contribution < -0.4 is 0 Å². The van der Waals surface area contributed by atoms with Gasteiger partial charge in [-0.2, -0.15) is 18.4 Å². The number of hydrogen-bond acceptors (Lipinski definition) is 2. The van der Waals surface area contributed by atoms with Crippen molar-refractivity contribution in [1.29, 1.82) is 5.26 Å². The van der Waals surface area contributed by atoms with Gasteiger partial charge in [-0.05, 0) is 99.7 Å². The van der Waals surface area contributed by atoms with E-state index in [0.717, 1.165) is 63.0 Å². The SMILES string of the molecule is N#C/C=C/CC[C@H]1CC[C@H](OC[C@H]2CC[C@H](c3ccc(C(F)(F)F)cc3)CC2)CC1. The van der Waals surface area contributed by atoms with Crippen molar-refractivity contribution >= 4 is 0 Å². The Kier molecular flexibility index (Phi) is 8.39. The summed E-state index contributed by atoms with van der Waals surface area (Å²) in [6.45, 7) is 0.819. The number of allylic oxidation sites excluding steroid dienone is 2. The number of benzene rings is 1. The van der Waals surface area contributed by atoms with E-state index in [-0.39, 0.29) is 0 Å². The first-order valence-corrected chi connectivity index (χ1v) is 11.3. The van der Waals surface area contributed by atoms with E-state index in [2.05, 4.69) is 0 Å². The normalized spacial score (nSPS) is 27.8. The number of halogens is 3. The fourth-order valence-electron chi connectivity index (χ4n) is 4.93. The van der Waals surface area contributed by atoms with Gasteiger partial charge in [0.05, 0.1) is 17.7 Å². The van der Waals surface area contributed by atoms with E-state index in [1.807, 2.05) is 12.1 Å². The molecule has 2 fully saturated rings. The molecule has 0 aromatic heterocycles. The minimum absolute atomic E-state index is 0.369. The molecule has 0 bridgehead atoms. The van der Waals surface area contributed by atoms with Gasteiger partial charge in [0.25, 0.3) is 0 Å². The summed E-state index contributed by atoms with van der Waals surface area (Å²) in [5, 5.41) is 8.52. The topological polar surface area (TPSA) is 33.0 Å². The molecule has 0 spiro atoms. The third-order valence-corrected chi connectivity index (χ3v) is 6.85. The summed E-state index contributed by atoms with van der Waals surface area (Å²) in [4.78, 5) is 0. The van der Waals surface area contributed by atoms with Crippen LogP contribution in [0.25, 0.3) is 0 Å². The zero-order chi connectivity index (χ0) is 21.4. The largest absolute Gasteiger partial charge is 0.416 e. The zero-order valence-electron chi connectivity index (χ0n) is 17.5. The number of nitriles is 1. The second-order valence-corrected chi connectivity index (χ2v) is 8.92. The first-order valence-electron chi connectivity index (χ1n) is 11.3. The standard InChI is InChI=1S/C25H32F3NO/c26-25(27,28)23-13-11-22(12-14-23)21-9-5-20(6-10-21)18-30-24-15-7-19(8-16-24)4-2-1-3-17-29/h1,3,11-14,19-21,24H,2,4-10,15-16,18H2/b3-1+/t19-,20-,21-,24-. The molecule has 0 aliphatic heterocycles. The summed E-state index contributed by atoms with van der Waals surface area (Å²) in [6, 6.07) is 7.76. The van der Waals surface area contributed by atoms with Crippen LogP contribution in [0.5, 0.6) is 0 Å². The van der Waals surface area contributed by atoms with E-state index < -0.39 is 11.7 Å². The van der Waals surface area contributed by atoms with Crippen molar-refractivity contribution in [1.82, 2.24) is 0 Å². The van der Waals surface area contributed by atoms with E-state index in [1.54, 1.807) is 18.2 Å². The maximum absolute atomic E-state index is 12.7. The van der Waals surface area contributed by atoms with Gasteiger partial charge in [-0.15, -0.1) is 0 Å². The van der Waals surface area contributed by atoms with Crippen molar-refractivity contribution < 1.29 is 17.9 Å². The minimum atomic E-state index is -4.26. The average molecular weight is 420 g/mol. The van der Waals surface area contributed by atoms with Crippen LogP contribution in [0.15, 0.2) is 36.4 Å². The fourth-order valence-corrected chi connectivity index (χ4v) is 4.93. The van der Waals surface area contributed by atoms with E-state index in [0.29, 0.717) is 17.9 Å². The van der Waals surface area contributed by atoms with Crippen LogP contribution in [0.4, 0.5) is 13.2 Å². The van der Waals surface area contributed by atoms with Crippen LogP contribution in [0.2, 0.25) is 0 Å². The number of alkyl halides is 3. The smallest absolute Gasteiger partial charge is 0.378 e. The predicted molar refractivity (Wildman–Crippen MR) is 112 cm³/mol. The average Bonchev–Trinajstić information content (AvgIpc) is 2.76. The van der Waals surface area contributed by atoms with Crippen LogP contribution >= 0.6 is 0 Å². The van der Waals surface area contributed by atoms with E-state index in [9.17, 15) is 13.2 Å². The molecule has 0 amide bonds. The molecule has 3 rings (SSSR count). The van der Waals surface area contributed by atoms with Gasteiger partial charge in [-0.25, -0.2) is 0 Å². The Morgan fingerprint density at radius 1 is 0.933 bits per heavy atom. The van der Waals surface area contributed by atoms with Gasteiger partial charge in [0, 0.05) is 12.7 Å². The third-order valence-electron chi connectivity index (χ3n) is 6.85. The quantitative estimate of drug-likeness (QED) is 0.431. The number of nitrogens with zero attached hydrogens (tertiary/aromatic N) is 1. The summed E-state index contributed by atoms with van der Waals surface area (Å²) in [7, 11) is 0. The Bertz CT molecular complexity index is 703. The van der Waals surface area contributed by atoms with Gasteiger partial charge in [0.2, 0.25) is 0 Å². The van der Waals surface area contributed by atoms with Gasteiger partial charge in [0.15, 0.2) is 0 Å². The molecule has 2 saturated carbocycles. The number of hydrogen-bond donors (Lipinski definition) is 0. The first kappa shape index (κ1) is 22.9. The Hall–Kier alpha value is -1.80. The van der Waals surface area contributed by atoms with Crippen molar-refractivity contribution in [2.75, 3.05) is 6.61 Å². The minimum Gasteiger partial charge on any atom is -0.378 e. The molecular formula is C25H32F3NO. The zero-order valence-corrected chi connectivity index (χ0v) is 17.5. The van der Waals surface area contributed by atoms with Crippen LogP contribution in [0, 0.1) is 23.2 Å². The van der Waals surface area contributed by atoms with Crippen molar-refractivity contribution in [3.8, 4) is 6.07 Å². The van der Waals surface area contributed by atoms with Gasteiger partial charge < -0.3 is 4.74 Å². The fraction of sp³-hybridized carbons (Fsp3) is 0.640. The van der Waals surface area contributed by atoms with Crippen LogP contribution in [-0.4, -0.2) is 12.7 Å². The molecule has 1 aromatic carbocycles. The molecule has 0 saturated heterocycles. The lowest BCUT2D eigenvalue weighted by atomic mass is 9.79. The molecule has 0 heterocycles. The highest BCUT2D eigenvalue weighted by Gasteiger charge is 2.31. The number of ether oxygens (including phenoxy) is 1. The van der Waals surface area contributed by atoms with Crippen molar-refractivity contribution in [3.63, 3.8) is 0 Å². The lowest BCUT2D eigenvalue weighted by molar-refractivity contribution is -0.137. The molecule has 5 heteroatoms. The van der Waals surface area contributed by atoms with E-state index >= 15 is 0 Å². The van der Waals surface area contributed by atoms with Crippen LogP contribution in [0.1, 0.15) is 81.3 Å². The van der Waals surface area contributed by atoms with Crippen LogP contribution in [0.3, 0.4) is 0 Å². The second-order valence-electron chi connectivity index (χ2n) is 8.92. The summed E-state index contributed by atoms with van der Waals surface area (Å²) in [5.41, 5.74) is 0.465. The highest BCUT2D eigenvalue weighted by molar-refractivity contribution is 5.27. The molecule has 1 aromatic rings.